The van der Waals surface area contributed by atoms with Crippen LogP contribution in [0.25, 0.3) is 17.5 Å². The number of hydrogen-bond donors (Lipinski definition) is 1. The number of nitrogens with one attached hydrogen (secondary N) is 1. The molecule has 1 aromatic carbocycles. The Balaban J connectivity index is 1.58. The van der Waals surface area contributed by atoms with Crippen LogP contribution in [0.4, 0.5) is 8.78 Å². The van der Waals surface area contributed by atoms with Gasteiger partial charge in [0.05, 0.1) is 13.2 Å². The van der Waals surface area contributed by atoms with Crippen LogP contribution in [0.2, 0.25) is 0 Å². The smallest absolute Gasteiger partial charge is 0.387 e. The van der Waals surface area contributed by atoms with Crippen molar-refractivity contribution in [1.82, 2.24) is 20.4 Å². The van der Waals surface area contributed by atoms with Crippen LogP contribution < -0.4 is 14.8 Å². The second kappa shape index (κ2) is 10.1. The van der Waals surface area contributed by atoms with Crippen LogP contribution in [-0.4, -0.2) is 34.3 Å². The highest BCUT2D eigenvalue weighted by Crippen LogP contribution is 2.30. The average Bonchev–Trinajstić information content (AvgIpc) is 3.22. The van der Waals surface area contributed by atoms with Gasteiger partial charge in [0, 0.05) is 24.0 Å². The molecule has 0 aliphatic carbocycles. The zero-order valence-corrected chi connectivity index (χ0v) is 15.9. The number of nitrogens with zero attached hydrogens (tertiary/aromatic N) is 3. The predicted octanol–water partition coefficient (Wildman–Crippen LogP) is 3.46. The van der Waals surface area contributed by atoms with E-state index in [1.807, 2.05) is 0 Å². The largest absolute Gasteiger partial charge is 0.490 e. The zero-order chi connectivity index (χ0) is 21.3. The number of benzene rings is 1. The van der Waals surface area contributed by atoms with Crippen LogP contribution in [0.15, 0.2) is 53.3 Å². The van der Waals surface area contributed by atoms with E-state index in [4.69, 9.17) is 9.26 Å². The second-order valence-electron chi connectivity index (χ2n) is 5.82. The first-order valence-corrected chi connectivity index (χ1v) is 8.95. The monoisotopic (exact) mass is 416 g/mol. The molecule has 0 radical (unpaired) electrons. The molecule has 0 aliphatic rings. The molecular formula is C20H18F2N4O4. The molecular weight excluding hydrogens is 398 g/mol. The summed E-state index contributed by atoms with van der Waals surface area (Å²) in [5, 5.41) is 6.47. The van der Waals surface area contributed by atoms with Crippen molar-refractivity contribution in [3.8, 4) is 22.9 Å². The molecule has 3 rings (SSSR count). The molecule has 8 nitrogen and oxygen atoms in total. The Kier molecular flexibility index (Phi) is 7.04. The summed E-state index contributed by atoms with van der Waals surface area (Å²) in [7, 11) is 0. The zero-order valence-electron chi connectivity index (χ0n) is 15.9. The lowest BCUT2D eigenvalue weighted by molar-refractivity contribution is -0.116. The molecule has 0 saturated heterocycles. The third-order valence-corrected chi connectivity index (χ3v) is 3.73. The fraction of sp³-hybridized carbons (Fsp3) is 0.200. The van der Waals surface area contributed by atoms with Crippen molar-refractivity contribution >= 4 is 12.0 Å². The van der Waals surface area contributed by atoms with Gasteiger partial charge in [-0.3, -0.25) is 9.78 Å². The normalized spacial score (nSPS) is 11.1. The third kappa shape index (κ3) is 5.84. The molecule has 0 fully saturated rings. The molecule has 30 heavy (non-hydrogen) atoms. The van der Waals surface area contributed by atoms with E-state index in [9.17, 15) is 13.6 Å². The van der Waals surface area contributed by atoms with Gasteiger partial charge < -0.3 is 19.3 Å². The summed E-state index contributed by atoms with van der Waals surface area (Å²) >= 11 is 0. The summed E-state index contributed by atoms with van der Waals surface area (Å²) in [5.74, 6) is 0.330. The fourth-order valence-corrected chi connectivity index (χ4v) is 2.43. The Morgan fingerprint density at radius 3 is 2.77 bits per heavy atom. The topological polar surface area (TPSA) is 99.4 Å². The molecule has 1 N–H and O–H groups in total. The van der Waals surface area contributed by atoms with Crippen molar-refractivity contribution in [2.75, 3.05) is 6.61 Å². The van der Waals surface area contributed by atoms with E-state index in [2.05, 4.69) is 25.2 Å². The van der Waals surface area contributed by atoms with Crippen LogP contribution in [-0.2, 0) is 11.3 Å². The Bertz CT molecular complexity index is 1010. The molecule has 0 bridgehead atoms. The maximum atomic E-state index is 12.5. The first kappa shape index (κ1) is 20.9. The van der Waals surface area contributed by atoms with Crippen molar-refractivity contribution in [3.63, 3.8) is 0 Å². The third-order valence-electron chi connectivity index (χ3n) is 3.73. The number of pyridine rings is 1. The molecule has 0 unspecified atom stereocenters. The lowest BCUT2D eigenvalue weighted by atomic mass is 10.2. The molecule has 0 atom stereocenters. The number of alkyl halides is 2. The second-order valence-corrected chi connectivity index (χ2v) is 5.82. The number of rotatable bonds is 9. The first-order valence-electron chi connectivity index (χ1n) is 8.95. The van der Waals surface area contributed by atoms with Crippen molar-refractivity contribution in [3.05, 3.63) is 60.3 Å². The molecule has 2 heterocycles. The van der Waals surface area contributed by atoms with Gasteiger partial charge in [0.1, 0.15) is 0 Å². The van der Waals surface area contributed by atoms with Crippen LogP contribution in [0.3, 0.4) is 0 Å². The van der Waals surface area contributed by atoms with Crippen LogP contribution in [0.1, 0.15) is 18.4 Å². The number of carbonyl (C=O) groups excluding carboxylic acids is 1. The summed E-state index contributed by atoms with van der Waals surface area (Å²) in [4.78, 5) is 20.2. The van der Waals surface area contributed by atoms with Gasteiger partial charge in [0.15, 0.2) is 11.5 Å². The number of ether oxygens (including phenoxy) is 2. The number of carbonyl (C=O) groups is 1. The van der Waals surface area contributed by atoms with Gasteiger partial charge >= 0.3 is 6.61 Å². The van der Waals surface area contributed by atoms with Gasteiger partial charge in [0.2, 0.25) is 17.6 Å². The molecule has 156 valence electrons. The average molecular weight is 416 g/mol. The number of amides is 1. The molecule has 0 aliphatic heterocycles. The molecule has 1 amide bonds. The Morgan fingerprint density at radius 2 is 2.03 bits per heavy atom. The van der Waals surface area contributed by atoms with Gasteiger partial charge in [-0.05, 0) is 42.8 Å². The minimum Gasteiger partial charge on any atom is -0.490 e. The van der Waals surface area contributed by atoms with E-state index in [1.54, 1.807) is 31.5 Å². The molecule has 10 heteroatoms. The van der Waals surface area contributed by atoms with Gasteiger partial charge in [0.25, 0.3) is 0 Å². The van der Waals surface area contributed by atoms with Crippen molar-refractivity contribution in [2.45, 2.75) is 20.1 Å². The van der Waals surface area contributed by atoms with Crippen molar-refractivity contribution in [1.29, 1.82) is 0 Å². The number of aromatic nitrogens is 3. The maximum Gasteiger partial charge on any atom is 0.387 e. The van der Waals surface area contributed by atoms with Crippen LogP contribution in [0, 0.1) is 0 Å². The standard InChI is InChI=1S/C20H18F2N4O4/c1-2-28-16-11-13(3-5-15(16)29-20(21)22)4-6-17(27)24-12-18-25-19(26-30-18)14-7-9-23-10-8-14/h3-11,20H,2,12H2,1H3,(H,24,27)/b6-4+. The summed E-state index contributed by atoms with van der Waals surface area (Å²) < 4.78 is 39.7. The lowest BCUT2D eigenvalue weighted by Gasteiger charge is -2.11. The summed E-state index contributed by atoms with van der Waals surface area (Å²) in [6, 6.07) is 7.87. The maximum absolute atomic E-state index is 12.5. The Labute approximate surface area is 170 Å². The van der Waals surface area contributed by atoms with Gasteiger partial charge in [-0.1, -0.05) is 11.2 Å². The predicted molar refractivity (Wildman–Crippen MR) is 103 cm³/mol. The first-order chi connectivity index (χ1) is 14.5. The van der Waals surface area contributed by atoms with E-state index in [1.165, 1.54) is 30.4 Å². The molecule has 0 saturated carbocycles. The van der Waals surface area contributed by atoms with E-state index in [-0.39, 0.29) is 30.5 Å². The minimum atomic E-state index is -2.96. The van der Waals surface area contributed by atoms with Crippen molar-refractivity contribution in [2.24, 2.45) is 0 Å². The highest BCUT2D eigenvalue weighted by atomic mass is 19.3. The number of hydrogen-bond acceptors (Lipinski definition) is 7. The van der Waals surface area contributed by atoms with Crippen LogP contribution >= 0.6 is 0 Å². The van der Waals surface area contributed by atoms with Gasteiger partial charge in [-0.25, -0.2) is 0 Å². The van der Waals surface area contributed by atoms with Crippen LogP contribution in [0.5, 0.6) is 11.5 Å². The highest BCUT2D eigenvalue weighted by molar-refractivity contribution is 5.91. The van der Waals surface area contributed by atoms with Crippen molar-refractivity contribution < 1.29 is 27.6 Å². The van der Waals surface area contributed by atoms with Gasteiger partial charge in [-0.15, -0.1) is 0 Å². The molecule has 0 spiro atoms. The Morgan fingerprint density at radius 1 is 1.23 bits per heavy atom. The minimum absolute atomic E-state index is 0.0482. The summed E-state index contributed by atoms with van der Waals surface area (Å²) in [6.45, 7) is -0.911. The van der Waals surface area contributed by atoms with E-state index >= 15 is 0 Å². The quantitative estimate of drug-likeness (QED) is 0.533. The Hall–Kier alpha value is -3.82. The SMILES string of the molecule is CCOc1cc(/C=C/C(=O)NCc2nc(-c3ccncc3)no2)ccc1OC(F)F. The fourth-order valence-electron chi connectivity index (χ4n) is 2.43. The van der Waals surface area contributed by atoms with E-state index < -0.39 is 12.5 Å². The lowest BCUT2D eigenvalue weighted by Crippen LogP contribution is -2.20. The number of halogens is 2. The molecule has 3 aromatic rings. The summed E-state index contributed by atoms with van der Waals surface area (Å²) in [6.07, 6.45) is 6.03. The molecule has 2 aromatic heterocycles. The highest BCUT2D eigenvalue weighted by Gasteiger charge is 2.11. The van der Waals surface area contributed by atoms with Gasteiger partial charge in [-0.2, -0.15) is 13.8 Å². The van der Waals surface area contributed by atoms with E-state index in [0.29, 0.717) is 11.4 Å². The summed E-state index contributed by atoms with van der Waals surface area (Å²) in [5.41, 5.74) is 1.32. The van der Waals surface area contributed by atoms with E-state index in [0.717, 1.165) is 5.56 Å².